The third kappa shape index (κ3) is 3.09. The van der Waals surface area contributed by atoms with Gasteiger partial charge in [-0.15, -0.1) is 0 Å². The quantitative estimate of drug-likeness (QED) is 0.870. The van der Waals surface area contributed by atoms with Crippen molar-refractivity contribution < 1.29 is 14.6 Å². The summed E-state index contributed by atoms with van der Waals surface area (Å²) in [5.74, 6) is -0.455. The van der Waals surface area contributed by atoms with E-state index in [1.54, 1.807) is 18.2 Å². The smallest absolute Gasteiger partial charge is 0.271 e. The van der Waals surface area contributed by atoms with Crippen molar-refractivity contribution in [3.05, 3.63) is 56.9 Å². The van der Waals surface area contributed by atoms with Crippen LogP contribution in [0.3, 0.4) is 0 Å². The lowest BCUT2D eigenvalue weighted by Gasteiger charge is -2.13. The highest BCUT2D eigenvalue weighted by atomic mass is 16.5. The van der Waals surface area contributed by atoms with E-state index in [2.05, 4.69) is 0 Å². The number of nitriles is 1. The van der Waals surface area contributed by atoms with Crippen molar-refractivity contribution in [3.8, 4) is 17.7 Å². The monoisotopic (exact) mass is 312 g/mol. The van der Waals surface area contributed by atoms with Crippen LogP contribution in [0.5, 0.6) is 11.6 Å². The highest BCUT2D eigenvalue weighted by Crippen LogP contribution is 2.22. The molecule has 1 aromatic heterocycles. The Morgan fingerprint density at radius 1 is 1.30 bits per heavy atom. The number of aromatic nitrogens is 1. The van der Waals surface area contributed by atoms with Gasteiger partial charge in [0.2, 0.25) is 11.7 Å². The highest BCUT2D eigenvalue weighted by molar-refractivity contribution is 6.01. The molecule has 0 bridgehead atoms. The Morgan fingerprint density at radius 3 is 2.48 bits per heavy atom. The summed E-state index contributed by atoms with van der Waals surface area (Å²) >= 11 is 0. The topological polar surface area (TPSA) is 92.3 Å². The predicted octanol–water partition coefficient (Wildman–Crippen LogP) is 1.84. The number of hydrogen-bond acceptors (Lipinski definition) is 5. The molecule has 0 saturated carbocycles. The molecule has 6 heteroatoms. The van der Waals surface area contributed by atoms with Gasteiger partial charge >= 0.3 is 0 Å². The number of Topliss-reactive ketones (excluding diaryl/α,β-unsaturated/α-hetero) is 1. The minimum atomic E-state index is -0.640. The molecule has 0 fully saturated rings. The van der Waals surface area contributed by atoms with E-state index in [1.165, 1.54) is 14.0 Å². The number of aryl methyl sites for hydroxylation is 1. The van der Waals surface area contributed by atoms with Crippen molar-refractivity contribution >= 4 is 5.78 Å². The number of carbonyl (C=O) groups excluding carboxylic acids is 1. The third-order valence-corrected chi connectivity index (χ3v) is 3.59. The van der Waals surface area contributed by atoms with Crippen molar-refractivity contribution in [3.63, 3.8) is 0 Å². The van der Waals surface area contributed by atoms with Gasteiger partial charge in [-0.05, 0) is 31.5 Å². The first-order chi connectivity index (χ1) is 10.9. The lowest BCUT2D eigenvalue weighted by Crippen LogP contribution is -2.25. The van der Waals surface area contributed by atoms with Gasteiger partial charge in [0.1, 0.15) is 17.4 Å². The van der Waals surface area contributed by atoms with E-state index < -0.39 is 17.2 Å². The van der Waals surface area contributed by atoms with E-state index in [-0.39, 0.29) is 23.3 Å². The summed E-state index contributed by atoms with van der Waals surface area (Å²) < 4.78 is 6.28. The van der Waals surface area contributed by atoms with Crippen LogP contribution in [-0.4, -0.2) is 22.1 Å². The fourth-order valence-electron chi connectivity index (χ4n) is 2.21. The van der Waals surface area contributed by atoms with Crippen molar-refractivity contribution in [2.24, 2.45) is 7.05 Å². The predicted molar refractivity (Wildman–Crippen MR) is 83.8 cm³/mol. The van der Waals surface area contributed by atoms with Crippen molar-refractivity contribution in [1.29, 1.82) is 5.26 Å². The van der Waals surface area contributed by atoms with Crippen molar-refractivity contribution in [2.45, 2.75) is 13.8 Å². The molecular formula is C17H16N2O4. The first-order valence-electron chi connectivity index (χ1n) is 6.92. The number of nitrogens with zero attached hydrogens (tertiary/aromatic N) is 2. The second kappa shape index (κ2) is 6.36. The van der Waals surface area contributed by atoms with Crippen LogP contribution in [0.2, 0.25) is 0 Å². The Bertz CT molecular complexity index is 858. The fourth-order valence-corrected chi connectivity index (χ4v) is 2.21. The van der Waals surface area contributed by atoms with E-state index in [1.807, 2.05) is 19.1 Å². The van der Waals surface area contributed by atoms with Gasteiger partial charge in [0.05, 0.1) is 5.56 Å². The Hall–Kier alpha value is -3.07. The molecule has 0 aliphatic heterocycles. The summed E-state index contributed by atoms with van der Waals surface area (Å²) in [4.78, 5) is 24.2. The van der Waals surface area contributed by atoms with Gasteiger partial charge < -0.3 is 9.84 Å². The van der Waals surface area contributed by atoms with E-state index in [0.29, 0.717) is 5.75 Å². The van der Waals surface area contributed by atoms with E-state index in [4.69, 9.17) is 10.00 Å². The van der Waals surface area contributed by atoms with Gasteiger partial charge in [-0.2, -0.15) is 5.26 Å². The standard InChI is InChI=1S/C17H16N2O4/c1-10-4-6-12(7-5-10)23-9-14(20)15-11(2)13(8-18)16(21)19(3)17(15)22/h4-7,22H,9H2,1-3H3. The molecule has 118 valence electrons. The molecule has 2 rings (SSSR count). The van der Waals surface area contributed by atoms with Crippen LogP contribution < -0.4 is 10.3 Å². The van der Waals surface area contributed by atoms with E-state index >= 15 is 0 Å². The van der Waals surface area contributed by atoms with Gasteiger partial charge in [0.15, 0.2) is 6.61 Å². The van der Waals surface area contributed by atoms with Gasteiger partial charge in [-0.25, -0.2) is 0 Å². The molecular weight excluding hydrogens is 296 g/mol. The number of carbonyl (C=O) groups is 1. The van der Waals surface area contributed by atoms with Crippen LogP contribution in [0.4, 0.5) is 0 Å². The van der Waals surface area contributed by atoms with Crippen LogP contribution >= 0.6 is 0 Å². The molecule has 0 unspecified atom stereocenters. The van der Waals surface area contributed by atoms with Crippen LogP contribution in [0.1, 0.15) is 27.0 Å². The average molecular weight is 312 g/mol. The largest absolute Gasteiger partial charge is 0.494 e. The Morgan fingerprint density at radius 2 is 1.91 bits per heavy atom. The van der Waals surface area contributed by atoms with Crippen LogP contribution in [0.15, 0.2) is 29.1 Å². The number of ether oxygens (including phenoxy) is 1. The number of benzene rings is 1. The number of aromatic hydroxyl groups is 1. The van der Waals surface area contributed by atoms with Crippen LogP contribution in [-0.2, 0) is 7.05 Å². The molecule has 1 aromatic carbocycles. The zero-order valence-electron chi connectivity index (χ0n) is 13.1. The lowest BCUT2D eigenvalue weighted by atomic mass is 10.0. The molecule has 0 radical (unpaired) electrons. The molecule has 0 atom stereocenters. The number of hydrogen-bond donors (Lipinski definition) is 1. The molecule has 1 N–H and O–H groups in total. The minimum absolute atomic E-state index is 0.0734. The number of ketones is 1. The van der Waals surface area contributed by atoms with Crippen LogP contribution in [0, 0.1) is 25.2 Å². The van der Waals surface area contributed by atoms with Gasteiger partial charge in [-0.3, -0.25) is 14.2 Å². The molecule has 0 aliphatic rings. The highest BCUT2D eigenvalue weighted by Gasteiger charge is 2.22. The summed E-state index contributed by atoms with van der Waals surface area (Å²) in [5, 5.41) is 19.1. The first-order valence-corrected chi connectivity index (χ1v) is 6.92. The maximum absolute atomic E-state index is 12.3. The zero-order chi connectivity index (χ0) is 17.1. The summed E-state index contributed by atoms with van der Waals surface area (Å²) in [6, 6.07) is 8.93. The first kappa shape index (κ1) is 16.3. The minimum Gasteiger partial charge on any atom is -0.494 e. The molecule has 0 spiro atoms. The lowest BCUT2D eigenvalue weighted by molar-refractivity contribution is 0.0916. The Kier molecular flexibility index (Phi) is 4.51. The molecule has 23 heavy (non-hydrogen) atoms. The van der Waals surface area contributed by atoms with E-state index in [9.17, 15) is 14.7 Å². The summed E-state index contributed by atoms with van der Waals surface area (Å²) in [6.07, 6.45) is 0. The molecule has 0 aliphatic carbocycles. The fraction of sp³-hybridized carbons (Fsp3) is 0.235. The molecule has 0 amide bonds. The number of pyridine rings is 1. The van der Waals surface area contributed by atoms with Crippen LogP contribution in [0.25, 0.3) is 0 Å². The second-order valence-electron chi connectivity index (χ2n) is 5.20. The van der Waals surface area contributed by atoms with E-state index in [0.717, 1.165) is 10.1 Å². The maximum Gasteiger partial charge on any atom is 0.271 e. The Labute approximate surface area is 133 Å². The zero-order valence-corrected chi connectivity index (χ0v) is 13.1. The van der Waals surface area contributed by atoms with Gasteiger partial charge in [-0.1, -0.05) is 17.7 Å². The maximum atomic E-state index is 12.3. The summed E-state index contributed by atoms with van der Waals surface area (Å²) in [7, 11) is 1.30. The normalized spacial score (nSPS) is 10.2. The third-order valence-electron chi connectivity index (χ3n) is 3.59. The second-order valence-corrected chi connectivity index (χ2v) is 5.20. The van der Waals surface area contributed by atoms with Gasteiger partial charge in [0, 0.05) is 7.05 Å². The number of rotatable bonds is 4. The SMILES string of the molecule is Cc1ccc(OCC(=O)c2c(C)c(C#N)c(=O)n(C)c2O)cc1. The summed E-state index contributed by atoms with van der Waals surface area (Å²) in [5.41, 5.74) is 0.345. The molecule has 6 nitrogen and oxygen atoms in total. The molecule has 0 saturated heterocycles. The molecule has 1 heterocycles. The van der Waals surface area contributed by atoms with Gasteiger partial charge in [0.25, 0.3) is 5.56 Å². The Balaban J connectivity index is 2.33. The molecule has 2 aromatic rings. The van der Waals surface area contributed by atoms with Crippen molar-refractivity contribution in [1.82, 2.24) is 4.57 Å². The van der Waals surface area contributed by atoms with Crippen molar-refractivity contribution in [2.75, 3.05) is 6.61 Å². The average Bonchev–Trinajstić information content (AvgIpc) is 2.53. The summed E-state index contributed by atoms with van der Waals surface area (Å²) in [6.45, 7) is 3.09.